The quantitative estimate of drug-likeness (QED) is 0.522. The van der Waals surface area contributed by atoms with Crippen LogP contribution in [0.1, 0.15) is 12.8 Å². The molecule has 0 aromatic carbocycles. The molecule has 1 saturated heterocycles. The van der Waals surface area contributed by atoms with Gasteiger partial charge in [0.2, 0.25) is 0 Å². The summed E-state index contributed by atoms with van der Waals surface area (Å²) in [4.78, 5) is 29.6. The fraction of sp³-hybridized carbons (Fsp3) is 0.632. The van der Waals surface area contributed by atoms with Crippen molar-refractivity contribution in [2.45, 2.75) is 57.4 Å². The van der Waals surface area contributed by atoms with Gasteiger partial charge in [-0.1, -0.05) is 19.6 Å². The second-order valence-corrected chi connectivity index (χ2v) is 14.7. The van der Waals surface area contributed by atoms with E-state index in [1.165, 1.54) is 15.8 Å². The number of fused-ring (bicyclic) bond motifs is 1. The summed E-state index contributed by atoms with van der Waals surface area (Å²) >= 11 is 0. The minimum atomic E-state index is -1.15. The summed E-state index contributed by atoms with van der Waals surface area (Å²) in [5.74, 6) is 0. The molecule has 0 aliphatic carbocycles. The number of ether oxygens (including phenoxy) is 1. The van der Waals surface area contributed by atoms with Gasteiger partial charge in [-0.15, -0.1) is 0 Å². The van der Waals surface area contributed by atoms with Crippen molar-refractivity contribution in [3.8, 4) is 0 Å². The number of rotatable bonds is 7. The summed E-state index contributed by atoms with van der Waals surface area (Å²) in [6.45, 7) is 8.52. The van der Waals surface area contributed by atoms with E-state index >= 15 is 0 Å². The minimum Gasteiger partial charge on any atom is -0.465 e. The van der Waals surface area contributed by atoms with Crippen LogP contribution in [0.5, 0.6) is 0 Å². The van der Waals surface area contributed by atoms with E-state index in [0.29, 0.717) is 24.4 Å². The Morgan fingerprint density at radius 3 is 2.59 bits per heavy atom. The Kier molecular flexibility index (Phi) is 6.15. The van der Waals surface area contributed by atoms with Gasteiger partial charge in [0.05, 0.1) is 17.5 Å². The molecule has 0 atom stereocenters. The molecule has 29 heavy (non-hydrogen) atoms. The number of likely N-dealkylation sites (tertiary alicyclic amines) is 1. The molecule has 2 aromatic rings. The highest BCUT2D eigenvalue weighted by Gasteiger charge is 2.34. The van der Waals surface area contributed by atoms with E-state index < -0.39 is 19.8 Å². The van der Waals surface area contributed by atoms with Gasteiger partial charge in [0.25, 0.3) is 5.56 Å². The number of piperidine rings is 1. The smallest absolute Gasteiger partial charge is 0.407 e. The number of carboxylic acid groups (broad SMARTS) is 1. The van der Waals surface area contributed by atoms with Crippen molar-refractivity contribution in [1.82, 2.24) is 19.0 Å². The van der Waals surface area contributed by atoms with Crippen molar-refractivity contribution in [2.75, 3.05) is 19.7 Å². The van der Waals surface area contributed by atoms with E-state index in [2.05, 4.69) is 24.6 Å². The van der Waals surface area contributed by atoms with Gasteiger partial charge in [-0.05, 0) is 25.0 Å². The molecule has 3 heterocycles. The maximum absolute atomic E-state index is 12.9. The molecular weight excluding hydrogens is 392 g/mol. The highest BCUT2D eigenvalue weighted by molar-refractivity contribution is 6.76. The SMILES string of the molecule is C[Si](C)(C)CCOCn1ccc2c(=O)n(CC3(O)CCN(C(=O)O)CC3)cnc21. The van der Waals surface area contributed by atoms with Crippen LogP contribution in [0.15, 0.2) is 23.4 Å². The third-order valence-corrected chi connectivity index (χ3v) is 7.11. The average molecular weight is 423 g/mol. The second-order valence-electron chi connectivity index (χ2n) is 9.04. The van der Waals surface area contributed by atoms with Gasteiger partial charge < -0.3 is 24.4 Å². The molecule has 1 aliphatic heterocycles. The van der Waals surface area contributed by atoms with E-state index in [-0.39, 0.29) is 38.0 Å². The third-order valence-electron chi connectivity index (χ3n) is 5.40. The highest BCUT2D eigenvalue weighted by atomic mass is 28.3. The molecule has 1 fully saturated rings. The van der Waals surface area contributed by atoms with Crippen LogP contribution >= 0.6 is 0 Å². The molecule has 3 rings (SSSR count). The third kappa shape index (κ3) is 5.25. The number of aliphatic hydroxyl groups is 1. The predicted molar refractivity (Wildman–Crippen MR) is 112 cm³/mol. The Morgan fingerprint density at radius 2 is 1.97 bits per heavy atom. The lowest BCUT2D eigenvalue weighted by atomic mass is 9.91. The highest BCUT2D eigenvalue weighted by Crippen LogP contribution is 2.24. The lowest BCUT2D eigenvalue weighted by molar-refractivity contribution is -0.0304. The maximum atomic E-state index is 12.9. The van der Waals surface area contributed by atoms with E-state index in [1.807, 2.05) is 4.57 Å². The lowest BCUT2D eigenvalue weighted by Crippen LogP contribution is -2.49. The van der Waals surface area contributed by atoms with E-state index in [1.54, 1.807) is 12.3 Å². The van der Waals surface area contributed by atoms with Crippen molar-refractivity contribution in [1.29, 1.82) is 0 Å². The number of carbonyl (C=O) groups is 1. The van der Waals surface area contributed by atoms with E-state index in [0.717, 1.165) is 6.04 Å². The van der Waals surface area contributed by atoms with Crippen molar-refractivity contribution in [3.05, 3.63) is 28.9 Å². The predicted octanol–water partition coefficient (Wildman–Crippen LogP) is 2.02. The van der Waals surface area contributed by atoms with Crippen LogP contribution in [-0.4, -0.2) is 68.7 Å². The van der Waals surface area contributed by atoms with E-state index in [9.17, 15) is 14.7 Å². The standard InChI is InChI=1S/C19H30N4O5Si/c1-29(2,3)11-10-28-14-22-7-4-15-16(22)20-13-23(17(15)24)12-19(27)5-8-21(9-6-19)18(25)26/h4,7,13,27H,5-6,8-12,14H2,1-3H3,(H,25,26). The molecule has 2 N–H and O–H groups in total. The zero-order valence-electron chi connectivity index (χ0n) is 17.3. The van der Waals surface area contributed by atoms with Crippen molar-refractivity contribution in [2.24, 2.45) is 0 Å². The summed E-state index contributed by atoms with van der Waals surface area (Å²) in [7, 11) is -1.15. The molecule has 0 bridgehead atoms. The first kappa shape index (κ1) is 21.5. The van der Waals surface area contributed by atoms with Crippen LogP contribution < -0.4 is 5.56 Å². The Hall–Kier alpha value is -2.17. The number of hydrogen-bond donors (Lipinski definition) is 2. The Morgan fingerprint density at radius 1 is 1.28 bits per heavy atom. The van der Waals surface area contributed by atoms with Crippen LogP contribution in [0.4, 0.5) is 4.79 Å². The van der Waals surface area contributed by atoms with Crippen LogP contribution in [0.2, 0.25) is 25.7 Å². The average Bonchev–Trinajstić information content (AvgIpc) is 3.04. The molecule has 0 radical (unpaired) electrons. The largest absolute Gasteiger partial charge is 0.465 e. The number of nitrogens with zero attached hydrogens (tertiary/aromatic N) is 4. The molecule has 9 nitrogen and oxygen atoms in total. The van der Waals surface area contributed by atoms with E-state index in [4.69, 9.17) is 9.84 Å². The van der Waals surface area contributed by atoms with Crippen LogP contribution in [0, 0.1) is 0 Å². The fourth-order valence-corrected chi connectivity index (χ4v) is 4.21. The summed E-state index contributed by atoms with van der Waals surface area (Å²) in [5, 5.41) is 20.3. The monoisotopic (exact) mass is 422 g/mol. The van der Waals surface area contributed by atoms with Crippen molar-refractivity contribution >= 4 is 25.2 Å². The van der Waals surface area contributed by atoms with Gasteiger partial charge in [-0.3, -0.25) is 9.36 Å². The number of amides is 1. The van der Waals surface area contributed by atoms with Gasteiger partial charge in [0.15, 0.2) is 0 Å². The molecule has 0 unspecified atom stereocenters. The van der Waals surface area contributed by atoms with Gasteiger partial charge >= 0.3 is 6.09 Å². The lowest BCUT2D eigenvalue weighted by Gasteiger charge is -2.37. The van der Waals surface area contributed by atoms with Crippen molar-refractivity contribution in [3.63, 3.8) is 0 Å². The van der Waals surface area contributed by atoms with Crippen LogP contribution in [0.25, 0.3) is 11.0 Å². The first-order valence-electron chi connectivity index (χ1n) is 9.90. The van der Waals surface area contributed by atoms with Gasteiger partial charge in [-0.2, -0.15) is 0 Å². The molecule has 1 amide bonds. The summed E-state index contributed by atoms with van der Waals surface area (Å²) in [6, 6.07) is 2.80. The molecule has 160 valence electrons. The first-order chi connectivity index (χ1) is 13.6. The number of aromatic nitrogens is 3. The molecular formula is C19H30N4O5Si. The molecule has 10 heteroatoms. The summed E-state index contributed by atoms with van der Waals surface area (Å²) < 4.78 is 8.98. The Labute approximate surface area is 170 Å². The zero-order chi connectivity index (χ0) is 21.2. The second kappa shape index (κ2) is 8.29. The Bertz CT molecular complexity index is 925. The van der Waals surface area contributed by atoms with Gasteiger partial charge in [-0.25, -0.2) is 9.78 Å². The number of hydrogen-bond acceptors (Lipinski definition) is 5. The molecule has 0 spiro atoms. The van der Waals surface area contributed by atoms with Crippen LogP contribution in [0.3, 0.4) is 0 Å². The summed E-state index contributed by atoms with van der Waals surface area (Å²) in [5.41, 5.74) is -0.773. The fourth-order valence-electron chi connectivity index (χ4n) is 3.45. The first-order valence-corrected chi connectivity index (χ1v) is 13.6. The van der Waals surface area contributed by atoms with Gasteiger partial charge in [0, 0.05) is 34.0 Å². The molecule has 2 aromatic heterocycles. The maximum Gasteiger partial charge on any atom is 0.407 e. The normalized spacial score (nSPS) is 17.0. The Balaban J connectivity index is 1.68. The minimum absolute atomic E-state index is 0.0973. The molecule has 1 aliphatic rings. The topological polar surface area (TPSA) is 110 Å². The van der Waals surface area contributed by atoms with Crippen LogP contribution in [-0.2, 0) is 18.0 Å². The summed E-state index contributed by atoms with van der Waals surface area (Å²) in [6.07, 6.45) is 2.83. The zero-order valence-corrected chi connectivity index (χ0v) is 18.3. The molecule has 0 saturated carbocycles. The van der Waals surface area contributed by atoms with Crippen molar-refractivity contribution < 1.29 is 19.7 Å². The van der Waals surface area contributed by atoms with Gasteiger partial charge in [0.1, 0.15) is 18.7 Å².